The quantitative estimate of drug-likeness (QED) is 0.702. The van der Waals surface area contributed by atoms with Crippen molar-refractivity contribution < 1.29 is 17.9 Å². The molecule has 2 aromatic rings. The zero-order chi connectivity index (χ0) is 19.3. The van der Waals surface area contributed by atoms with Crippen molar-refractivity contribution in [1.82, 2.24) is 0 Å². The Balaban J connectivity index is 1.81. The number of methoxy groups -OCH3 is 1. The number of nitrogens with zero attached hydrogens (tertiary/aromatic N) is 2. The van der Waals surface area contributed by atoms with E-state index in [1.807, 2.05) is 0 Å². The minimum Gasteiger partial charge on any atom is -0.497 e. The van der Waals surface area contributed by atoms with Crippen molar-refractivity contribution in [2.75, 3.05) is 28.4 Å². The van der Waals surface area contributed by atoms with Crippen molar-refractivity contribution in [2.45, 2.75) is 12.1 Å². The lowest BCUT2D eigenvalue weighted by Crippen LogP contribution is -2.37. The lowest BCUT2D eigenvalue weighted by Gasteiger charge is -2.23. The summed E-state index contributed by atoms with van der Waals surface area (Å²) >= 11 is 12.1. The van der Waals surface area contributed by atoms with Crippen LogP contribution in [0.1, 0.15) is 0 Å². The van der Waals surface area contributed by atoms with Crippen LogP contribution in [0, 0.1) is 0 Å². The number of halogens is 2. The molecule has 9 heteroatoms. The number of anilines is 2. The minimum atomic E-state index is -3.27. The monoisotopic (exact) mass is 426 g/mol. The number of benzene rings is 2. The van der Waals surface area contributed by atoms with Gasteiger partial charge >= 0.3 is 6.03 Å². The molecule has 0 unspecified atom stereocenters. The predicted octanol–water partition coefficient (Wildman–Crippen LogP) is 3.61. The van der Waals surface area contributed by atoms with E-state index in [-0.39, 0.29) is 17.5 Å². The van der Waals surface area contributed by atoms with Gasteiger partial charge in [-0.25, -0.2) is 13.2 Å². The van der Waals surface area contributed by atoms with E-state index >= 15 is 0 Å². The average molecular weight is 427 g/mol. The van der Waals surface area contributed by atoms with Gasteiger partial charge in [0.25, 0.3) is 0 Å². The number of rotatable bonds is 3. The van der Waals surface area contributed by atoms with E-state index < -0.39 is 21.9 Å². The molecule has 2 aliphatic rings. The van der Waals surface area contributed by atoms with Crippen molar-refractivity contribution in [3.8, 4) is 5.75 Å². The zero-order valence-corrected chi connectivity index (χ0v) is 16.6. The molecule has 0 aromatic heterocycles. The highest BCUT2D eigenvalue weighted by Gasteiger charge is 2.54. The SMILES string of the molecule is COc1cccc(N2C(=O)N(c3ccc(Cl)c(Cl)c3)[C@H]3CS(=O)(=O)C[C@@H]32)c1. The Kier molecular flexibility index (Phi) is 4.49. The number of urea groups is 1. The van der Waals surface area contributed by atoms with Crippen molar-refractivity contribution >= 4 is 50.4 Å². The smallest absolute Gasteiger partial charge is 0.329 e. The van der Waals surface area contributed by atoms with Gasteiger partial charge in [0, 0.05) is 17.4 Å². The van der Waals surface area contributed by atoms with Crippen LogP contribution in [0.25, 0.3) is 0 Å². The second kappa shape index (κ2) is 6.58. The van der Waals surface area contributed by atoms with Crippen LogP contribution in [-0.2, 0) is 9.84 Å². The van der Waals surface area contributed by atoms with E-state index in [0.29, 0.717) is 27.2 Å². The Bertz CT molecular complexity index is 1030. The Labute approximate surface area is 167 Å². The van der Waals surface area contributed by atoms with E-state index in [1.165, 1.54) is 16.9 Å². The summed E-state index contributed by atoms with van der Waals surface area (Å²) in [5.41, 5.74) is 1.11. The van der Waals surface area contributed by atoms with E-state index in [1.54, 1.807) is 42.5 Å². The summed E-state index contributed by atoms with van der Waals surface area (Å²) in [4.78, 5) is 16.3. The highest BCUT2D eigenvalue weighted by Crippen LogP contribution is 2.40. The predicted molar refractivity (Wildman–Crippen MR) is 106 cm³/mol. The summed E-state index contributed by atoms with van der Waals surface area (Å²) < 4.78 is 29.9. The van der Waals surface area contributed by atoms with E-state index in [9.17, 15) is 13.2 Å². The lowest BCUT2D eigenvalue weighted by atomic mass is 10.1. The summed E-state index contributed by atoms with van der Waals surface area (Å²) in [5.74, 6) is 0.411. The van der Waals surface area contributed by atoms with Crippen LogP contribution in [0.2, 0.25) is 10.0 Å². The van der Waals surface area contributed by atoms with E-state index in [0.717, 1.165) is 0 Å². The third-order valence-corrected chi connectivity index (χ3v) is 7.32. The second-order valence-electron chi connectivity index (χ2n) is 6.53. The molecule has 27 heavy (non-hydrogen) atoms. The molecule has 0 radical (unpaired) electrons. The number of carbonyl (C=O) groups is 1. The number of ether oxygens (including phenoxy) is 1. The molecular formula is C18H16Cl2N2O4S. The first-order chi connectivity index (χ1) is 12.8. The van der Waals surface area contributed by atoms with Crippen LogP contribution in [0.15, 0.2) is 42.5 Å². The van der Waals surface area contributed by atoms with E-state index in [4.69, 9.17) is 27.9 Å². The van der Waals surface area contributed by atoms with Gasteiger partial charge in [0.1, 0.15) is 5.75 Å². The molecule has 2 fully saturated rings. The number of amides is 2. The lowest BCUT2D eigenvalue weighted by molar-refractivity contribution is 0.255. The first kappa shape index (κ1) is 18.4. The fourth-order valence-corrected chi connectivity index (χ4v) is 5.91. The maximum absolute atomic E-state index is 13.3. The van der Waals surface area contributed by atoms with Gasteiger partial charge in [-0.15, -0.1) is 0 Å². The molecule has 4 rings (SSSR count). The number of hydrogen-bond acceptors (Lipinski definition) is 4. The molecule has 2 atom stereocenters. The first-order valence-electron chi connectivity index (χ1n) is 8.23. The molecule has 0 N–H and O–H groups in total. The molecule has 142 valence electrons. The van der Waals surface area contributed by atoms with Crippen molar-refractivity contribution in [1.29, 1.82) is 0 Å². The minimum absolute atomic E-state index is 0.0849. The van der Waals surface area contributed by atoms with Gasteiger partial charge in [-0.3, -0.25) is 9.80 Å². The molecule has 2 aliphatic heterocycles. The highest BCUT2D eigenvalue weighted by molar-refractivity contribution is 7.91. The molecule has 0 bridgehead atoms. The van der Waals surface area contributed by atoms with Crippen molar-refractivity contribution in [3.63, 3.8) is 0 Å². The van der Waals surface area contributed by atoms with E-state index in [2.05, 4.69) is 0 Å². The Morgan fingerprint density at radius 1 is 0.963 bits per heavy atom. The second-order valence-corrected chi connectivity index (χ2v) is 9.50. The third kappa shape index (κ3) is 3.13. The molecule has 2 amide bonds. The standard InChI is InChI=1S/C18H16Cl2N2O4S/c1-26-13-4-2-3-11(7-13)21-16-9-27(24,25)10-17(16)22(18(21)23)12-5-6-14(19)15(20)8-12/h2-8,16-17H,9-10H2,1H3/t16-,17-/m0/s1. The topological polar surface area (TPSA) is 66.9 Å². The largest absolute Gasteiger partial charge is 0.497 e. The van der Waals surface area contributed by atoms with Gasteiger partial charge in [0.05, 0.1) is 40.7 Å². The maximum atomic E-state index is 13.3. The number of fused-ring (bicyclic) bond motifs is 1. The zero-order valence-electron chi connectivity index (χ0n) is 14.3. The fraction of sp³-hybridized carbons (Fsp3) is 0.278. The fourth-order valence-electron chi connectivity index (χ4n) is 3.70. The molecule has 6 nitrogen and oxygen atoms in total. The summed E-state index contributed by atoms with van der Waals surface area (Å²) in [5, 5.41) is 0.673. The van der Waals surface area contributed by atoms with Crippen LogP contribution >= 0.6 is 23.2 Å². The maximum Gasteiger partial charge on any atom is 0.329 e. The van der Waals surface area contributed by atoms with Gasteiger partial charge in [-0.1, -0.05) is 29.3 Å². The summed E-state index contributed by atoms with van der Waals surface area (Å²) in [7, 11) is -1.73. The summed E-state index contributed by atoms with van der Waals surface area (Å²) in [6.45, 7) is 0. The van der Waals surface area contributed by atoms with Gasteiger partial charge in [0.15, 0.2) is 9.84 Å². The first-order valence-corrected chi connectivity index (χ1v) is 10.8. The highest BCUT2D eigenvalue weighted by atomic mass is 35.5. The Hall–Kier alpha value is -1.96. The molecule has 0 spiro atoms. The Morgan fingerprint density at radius 3 is 2.19 bits per heavy atom. The average Bonchev–Trinajstić information content (AvgIpc) is 3.06. The number of carbonyl (C=O) groups excluding carboxylic acids is 1. The molecular weight excluding hydrogens is 411 g/mol. The molecule has 0 aliphatic carbocycles. The van der Waals surface area contributed by atoms with Crippen LogP contribution in [0.3, 0.4) is 0 Å². The molecule has 2 aromatic carbocycles. The molecule has 2 heterocycles. The van der Waals surface area contributed by atoms with Crippen molar-refractivity contribution in [3.05, 3.63) is 52.5 Å². The Morgan fingerprint density at radius 2 is 1.59 bits per heavy atom. The summed E-state index contributed by atoms with van der Waals surface area (Å²) in [6, 6.07) is 10.6. The summed E-state index contributed by atoms with van der Waals surface area (Å²) in [6.07, 6.45) is 0. The van der Waals surface area contributed by atoms with Gasteiger partial charge < -0.3 is 4.74 Å². The number of sulfone groups is 1. The third-order valence-electron chi connectivity index (χ3n) is 4.88. The van der Waals surface area contributed by atoms with Crippen LogP contribution < -0.4 is 14.5 Å². The number of hydrogen-bond donors (Lipinski definition) is 0. The van der Waals surface area contributed by atoms with Crippen molar-refractivity contribution in [2.24, 2.45) is 0 Å². The molecule has 2 saturated heterocycles. The van der Waals surface area contributed by atoms with Crippen LogP contribution in [0.4, 0.5) is 16.2 Å². The molecule has 0 saturated carbocycles. The van der Waals surface area contributed by atoms with Crippen LogP contribution in [0.5, 0.6) is 5.75 Å². The van der Waals surface area contributed by atoms with Gasteiger partial charge in [0.2, 0.25) is 0 Å². The normalized spacial score (nSPS) is 23.6. The van der Waals surface area contributed by atoms with Gasteiger partial charge in [-0.05, 0) is 30.3 Å². The van der Waals surface area contributed by atoms with Crippen LogP contribution in [-0.4, -0.2) is 45.1 Å². The van der Waals surface area contributed by atoms with Gasteiger partial charge in [-0.2, -0.15) is 0 Å².